The number of ether oxygens (including phenoxy) is 1. The van der Waals surface area contributed by atoms with Gasteiger partial charge in [0.25, 0.3) is 5.56 Å². The molecule has 3 aromatic rings. The van der Waals surface area contributed by atoms with E-state index in [-0.39, 0.29) is 30.2 Å². The summed E-state index contributed by atoms with van der Waals surface area (Å²) in [5, 5.41) is 11.7. The average molecular weight is 588 g/mol. The molecule has 1 fully saturated rings. The molecule has 0 bridgehead atoms. The molecule has 1 saturated heterocycles. The molecule has 39 heavy (non-hydrogen) atoms. The second kappa shape index (κ2) is 12.2. The molecule has 1 aliphatic heterocycles. The molecular weight excluding hydrogens is 551 g/mol. The lowest BCUT2D eigenvalue weighted by Gasteiger charge is -2.37. The molecule has 210 valence electrons. The van der Waals surface area contributed by atoms with Gasteiger partial charge in [-0.25, -0.2) is 9.78 Å². The fourth-order valence-electron chi connectivity index (χ4n) is 3.97. The number of hydrogen-bond donors (Lipinski definition) is 1. The quantitative estimate of drug-likeness (QED) is 0.269. The number of rotatable bonds is 9. The lowest BCUT2D eigenvalue weighted by molar-refractivity contribution is -0.0437. The highest BCUT2D eigenvalue weighted by Crippen LogP contribution is 2.38. The van der Waals surface area contributed by atoms with Crippen LogP contribution in [0, 0.1) is 6.92 Å². The second-order valence-electron chi connectivity index (χ2n) is 11.4. The Labute approximate surface area is 238 Å². The van der Waals surface area contributed by atoms with Crippen LogP contribution in [0.5, 0.6) is 0 Å². The molecule has 3 atom stereocenters. The molecule has 11 heteroatoms. The molecule has 1 aromatic carbocycles. The van der Waals surface area contributed by atoms with Crippen LogP contribution in [0.4, 0.5) is 0 Å². The molecule has 0 spiro atoms. The molecule has 0 amide bonds. The fraction of sp³-hybridized carbons (Fsp3) is 0.464. The molecule has 0 radical (unpaired) electrons. The normalized spacial score (nSPS) is 19.9. The van der Waals surface area contributed by atoms with Crippen LogP contribution in [0.3, 0.4) is 0 Å². The summed E-state index contributed by atoms with van der Waals surface area (Å²) in [6, 6.07) is 13.6. The summed E-state index contributed by atoms with van der Waals surface area (Å²) in [7, 11) is 1.14. The van der Waals surface area contributed by atoms with Crippen LogP contribution in [0.2, 0.25) is 18.1 Å². The zero-order valence-corrected chi connectivity index (χ0v) is 25.9. The first-order valence-electron chi connectivity index (χ1n) is 13.0. The molecule has 4 rings (SSSR count). The summed E-state index contributed by atoms with van der Waals surface area (Å²) in [4.78, 5) is 31.8. The summed E-state index contributed by atoms with van der Waals surface area (Å²) < 4.78 is 15.0. The highest BCUT2D eigenvalue weighted by molar-refractivity contribution is 8.76. The van der Waals surface area contributed by atoms with E-state index < -0.39 is 32.4 Å². The van der Waals surface area contributed by atoms with E-state index in [1.807, 2.05) is 42.5 Å². The molecule has 2 aromatic heterocycles. The smallest absolute Gasteiger partial charge is 0.333 e. The van der Waals surface area contributed by atoms with Crippen molar-refractivity contribution in [3.8, 4) is 0 Å². The Morgan fingerprint density at radius 1 is 1.13 bits per heavy atom. The monoisotopic (exact) mass is 587 g/mol. The first-order chi connectivity index (χ1) is 18.4. The third kappa shape index (κ3) is 7.14. The highest BCUT2D eigenvalue weighted by Gasteiger charge is 2.41. The lowest BCUT2D eigenvalue weighted by Crippen LogP contribution is -2.44. The van der Waals surface area contributed by atoms with E-state index >= 15 is 0 Å². The second-order valence-corrected chi connectivity index (χ2v) is 18.4. The van der Waals surface area contributed by atoms with Crippen LogP contribution in [0.15, 0.2) is 74.4 Å². The molecule has 0 unspecified atom stereocenters. The number of pyridine rings is 1. The number of aliphatic hydroxyl groups is 1. The van der Waals surface area contributed by atoms with E-state index in [1.165, 1.54) is 15.3 Å². The van der Waals surface area contributed by atoms with Crippen LogP contribution in [-0.2, 0) is 15.7 Å². The Bertz CT molecular complexity index is 1390. The van der Waals surface area contributed by atoms with Crippen molar-refractivity contribution in [1.82, 2.24) is 14.1 Å². The molecule has 1 N–H and O–H groups in total. The van der Waals surface area contributed by atoms with Gasteiger partial charge in [-0.05, 0) is 65.7 Å². The summed E-state index contributed by atoms with van der Waals surface area (Å²) in [5.74, 6) is 0. The summed E-state index contributed by atoms with van der Waals surface area (Å²) >= 11 is 0. The predicted octanol–water partition coefficient (Wildman–Crippen LogP) is 5.23. The lowest BCUT2D eigenvalue weighted by atomic mass is 10.2. The maximum atomic E-state index is 13.4. The van der Waals surface area contributed by atoms with Crippen LogP contribution >= 0.6 is 21.6 Å². The van der Waals surface area contributed by atoms with E-state index in [4.69, 9.17) is 9.16 Å². The summed E-state index contributed by atoms with van der Waals surface area (Å²) in [6.07, 6.45) is 1.58. The number of nitrogens with zero attached hydrogens (tertiary/aromatic N) is 3. The van der Waals surface area contributed by atoms with Gasteiger partial charge in [-0.3, -0.25) is 13.9 Å². The van der Waals surface area contributed by atoms with Crippen molar-refractivity contribution in [1.29, 1.82) is 0 Å². The summed E-state index contributed by atoms with van der Waals surface area (Å²) in [6.45, 7) is 12.9. The van der Waals surface area contributed by atoms with Gasteiger partial charge in [-0.15, -0.1) is 0 Å². The maximum absolute atomic E-state index is 13.4. The van der Waals surface area contributed by atoms with Crippen molar-refractivity contribution >= 4 is 29.9 Å². The van der Waals surface area contributed by atoms with Crippen LogP contribution in [0.25, 0.3) is 0 Å². The molecule has 8 nitrogen and oxygen atoms in total. The van der Waals surface area contributed by atoms with Gasteiger partial charge >= 0.3 is 5.69 Å². The number of aromatic nitrogens is 3. The van der Waals surface area contributed by atoms with Crippen molar-refractivity contribution in [3.05, 3.63) is 86.8 Å². The third-order valence-corrected chi connectivity index (χ3v) is 14.2. The van der Waals surface area contributed by atoms with E-state index in [9.17, 15) is 14.7 Å². The van der Waals surface area contributed by atoms with Crippen LogP contribution < -0.4 is 11.2 Å². The number of aliphatic hydroxyl groups excluding tert-OH is 1. The van der Waals surface area contributed by atoms with Crippen molar-refractivity contribution < 1.29 is 14.3 Å². The van der Waals surface area contributed by atoms with E-state index in [2.05, 4.69) is 38.8 Å². The number of benzene rings is 1. The molecule has 0 aliphatic carbocycles. The molecule has 3 heterocycles. The van der Waals surface area contributed by atoms with Gasteiger partial charge in [0.05, 0.1) is 19.3 Å². The minimum absolute atomic E-state index is 0.0360. The first kappa shape index (κ1) is 29.8. The standard InChI is InChI=1S/C28H37N3O5S2Si/c1-19-16-30(25-15-22(32)23(36-25)18-35-39(5,6)28(2,3)4)27(34)31(26(19)33)17-20-10-12-21(13-11-20)37-38-24-9-7-8-14-29-24/h7-14,16,22-23,25,32H,15,17-18H2,1-6H3/t22-,23+,25+/m0/s1. The molecular formula is C28H37N3O5S2Si. The van der Waals surface area contributed by atoms with Crippen LogP contribution in [-0.4, -0.2) is 46.4 Å². The van der Waals surface area contributed by atoms with Crippen LogP contribution in [0.1, 0.15) is 44.5 Å². The van der Waals surface area contributed by atoms with Crippen molar-refractivity contribution in [2.45, 2.75) is 87.2 Å². The fourth-order valence-corrected chi connectivity index (χ4v) is 6.82. The Balaban J connectivity index is 1.46. The highest BCUT2D eigenvalue weighted by atomic mass is 33.1. The first-order valence-corrected chi connectivity index (χ1v) is 18.1. The summed E-state index contributed by atoms with van der Waals surface area (Å²) in [5.41, 5.74) is 0.480. The van der Waals surface area contributed by atoms with Gasteiger partial charge in [0, 0.05) is 29.3 Å². The van der Waals surface area contributed by atoms with Crippen molar-refractivity contribution in [2.24, 2.45) is 0 Å². The molecule has 0 saturated carbocycles. The van der Waals surface area contributed by atoms with Gasteiger partial charge in [-0.2, -0.15) is 0 Å². The topological polar surface area (TPSA) is 95.6 Å². The molecule has 1 aliphatic rings. The Kier molecular flexibility index (Phi) is 9.29. The Morgan fingerprint density at radius 3 is 2.49 bits per heavy atom. The number of aryl methyl sites for hydroxylation is 1. The zero-order valence-electron chi connectivity index (χ0n) is 23.3. The third-order valence-electron chi connectivity index (χ3n) is 7.42. The van der Waals surface area contributed by atoms with Gasteiger partial charge in [0.2, 0.25) is 0 Å². The van der Waals surface area contributed by atoms with Gasteiger partial charge in [0.15, 0.2) is 8.32 Å². The van der Waals surface area contributed by atoms with E-state index in [0.717, 1.165) is 15.5 Å². The van der Waals surface area contributed by atoms with Gasteiger partial charge in [-0.1, -0.05) is 49.8 Å². The van der Waals surface area contributed by atoms with E-state index in [1.54, 1.807) is 34.7 Å². The minimum atomic E-state index is -2.02. The van der Waals surface area contributed by atoms with E-state index in [0.29, 0.717) is 5.56 Å². The predicted molar refractivity (Wildman–Crippen MR) is 159 cm³/mol. The minimum Gasteiger partial charge on any atom is -0.414 e. The zero-order chi connectivity index (χ0) is 28.4. The average Bonchev–Trinajstić information content (AvgIpc) is 3.27. The number of hydrogen-bond acceptors (Lipinski definition) is 8. The largest absolute Gasteiger partial charge is 0.414 e. The Hall–Kier alpha value is -2.15. The van der Waals surface area contributed by atoms with Crippen molar-refractivity contribution in [2.75, 3.05) is 6.61 Å². The Morgan fingerprint density at radius 2 is 1.85 bits per heavy atom. The SMILES string of the molecule is Cc1cn([C@H]2C[C@H](O)[C@@H](CO[Si](C)(C)C(C)(C)C)O2)c(=O)n(Cc2ccc(SSc3ccccn3)cc2)c1=O. The van der Waals surface area contributed by atoms with Gasteiger partial charge in [0.1, 0.15) is 17.4 Å². The maximum Gasteiger partial charge on any atom is 0.333 e. The van der Waals surface area contributed by atoms with Crippen molar-refractivity contribution in [3.63, 3.8) is 0 Å². The van der Waals surface area contributed by atoms with Gasteiger partial charge < -0.3 is 14.3 Å².